The lowest BCUT2D eigenvalue weighted by molar-refractivity contribution is 0.106. The molecule has 2 aromatic rings. The molecular formula is C16H15N5O2. The molecule has 0 saturated carbocycles. The fourth-order valence-corrected chi connectivity index (χ4v) is 1.77. The van der Waals surface area contributed by atoms with Crippen molar-refractivity contribution in [2.75, 3.05) is 0 Å². The first kappa shape index (κ1) is 16.2. The fraction of sp³-hybridized carbons (Fsp3) is 0.312. The monoisotopic (exact) mass is 309 g/mol. The Morgan fingerprint density at radius 3 is 2.43 bits per heavy atom. The van der Waals surface area contributed by atoms with Crippen LogP contribution in [0.1, 0.15) is 32.2 Å². The molecule has 0 atom stereocenters. The molecule has 0 aliphatic rings. The number of nitrogens with zero attached hydrogens (tertiary/aromatic N) is 5. The van der Waals surface area contributed by atoms with Gasteiger partial charge in [0.1, 0.15) is 12.1 Å². The number of rotatable bonds is 4. The smallest absolute Gasteiger partial charge is 0.267 e. The molecule has 1 aromatic carbocycles. The van der Waals surface area contributed by atoms with E-state index in [1.807, 2.05) is 24.3 Å². The average molecular weight is 309 g/mol. The second-order valence-electron chi connectivity index (χ2n) is 5.78. The van der Waals surface area contributed by atoms with Gasteiger partial charge in [-0.25, -0.2) is 0 Å². The van der Waals surface area contributed by atoms with E-state index in [9.17, 15) is 0 Å². The lowest BCUT2D eigenvalue weighted by atomic mass is 9.87. The highest BCUT2D eigenvalue weighted by Crippen LogP contribution is 2.24. The molecule has 0 spiro atoms. The van der Waals surface area contributed by atoms with E-state index in [4.69, 9.17) is 19.9 Å². The quantitative estimate of drug-likeness (QED) is 0.634. The van der Waals surface area contributed by atoms with Gasteiger partial charge in [-0.2, -0.15) is 15.5 Å². The van der Waals surface area contributed by atoms with Crippen molar-refractivity contribution in [1.82, 2.24) is 10.1 Å². The Morgan fingerprint density at radius 2 is 1.87 bits per heavy atom. The van der Waals surface area contributed by atoms with E-state index >= 15 is 0 Å². The average Bonchev–Trinajstić information content (AvgIpc) is 3.00. The Bertz CT molecular complexity index is 770. The molecule has 0 fully saturated rings. The van der Waals surface area contributed by atoms with Gasteiger partial charge < -0.3 is 9.36 Å². The first-order valence-electron chi connectivity index (χ1n) is 6.87. The van der Waals surface area contributed by atoms with Crippen LogP contribution in [0, 0.1) is 22.7 Å². The van der Waals surface area contributed by atoms with Crippen LogP contribution in [0.2, 0.25) is 0 Å². The summed E-state index contributed by atoms with van der Waals surface area (Å²) in [5.41, 5.74) is 1.74. The summed E-state index contributed by atoms with van der Waals surface area (Å²) < 4.78 is 5.04. The van der Waals surface area contributed by atoms with Gasteiger partial charge >= 0.3 is 0 Å². The molecule has 0 saturated heterocycles. The van der Waals surface area contributed by atoms with Gasteiger partial charge in [0, 0.05) is 5.56 Å². The van der Waals surface area contributed by atoms with Gasteiger partial charge in [0.15, 0.2) is 6.61 Å². The van der Waals surface area contributed by atoms with E-state index in [1.54, 1.807) is 12.1 Å². The number of hydrogen-bond acceptors (Lipinski definition) is 7. The summed E-state index contributed by atoms with van der Waals surface area (Å²) in [6, 6.07) is 11.1. The second kappa shape index (κ2) is 6.71. The first-order valence-corrected chi connectivity index (χ1v) is 6.87. The predicted molar refractivity (Wildman–Crippen MR) is 81.9 cm³/mol. The zero-order valence-electron chi connectivity index (χ0n) is 13.1. The maximum atomic E-state index is 8.52. The lowest BCUT2D eigenvalue weighted by Crippen LogP contribution is -2.10. The van der Waals surface area contributed by atoms with E-state index in [0.717, 1.165) is 5.56 Å². The summed E-state index contributed by atoms with van der Waals surface area (Å²) >= 11 is 0. The van der Waals surface area contributed by atoms with E-state index in [1.165, 1.54) is 5.56 Å². The first-order chi connectivity index (χ1) is 10.9. The zero-order chi connectivity index (χ0) is 16.9. The van der Waals surface area contributed by atoms with Crippen LogP contribution in [0.5, 0.6) is 0 Å². The second-order valence-corrected chi connectivity index (χ2v) is 5.78. The topological polar surface area (TPSA) is 108 Å². The number of benzene rings is 1. The maximum absolute atomic E-state index is 8.52. The van der Waals surface area contributed by atoms with Gasteiger partial charge in [-0.05, 0) is 11.0 Å². The van der Waals surface area contributed by atoms with Gasteiger partial charge in [-0.15, -0.1) is 0 Å². The van der Waals surface area contributed by atoms with E-state index in [0.29, 0.717) is 5.82 Å². The van der Waals surface area contributed by atoms with E-state index in [-0.39, 0.29) is 23.6 Å². The third-order valence-electron chi connectivity index (χ3n) is 3.03. The number of oxime groups is 1. The van der Waals surface area contributed by atoms with Crippen molar-refractivity contribution >= 4 is 5.71 Å². The molecule has 2 rings (SSSR count). The van der Waals surface area contributed by atoms with E-state index in [2.05, 4.69) is 36.1 Å². The highest BCUT2D eigenvalue weighted by Gasteiger charge is 2.14. The van der Waals surface area contributed by atoms with Gasteiger partial charge in [0.25, 0.3) is 11.6 Å². The highest BCUT2D eigenvalue weighted by atomic mass is 16.6. The maximum Gasteiger partial charge on any atom is 0.267 e. The van der Waals surface area contributed by atoms with Crippen LogP contribution in [0.3, 0.4) is 0 Å². The van der Waals surface area contributed by atoms with Gasteiger partial charge in [-0.1, -0.05) is 55.3 Å². The van der Waals surface area contributed by atoms with Crippen LogP contribution in [0.15, 0.2) is 33.9 Å². The fourth-order valence-electron chi connectivity index (χ4n) is 1.77. The van der Waals surface area contributed by atoms with Crippen molar-refractivity contribution in [3.63, 3.8) is 0 Å². The molecule has 0 amide bonds. The Hall–Kier alpha value is -3.19. The summed E-state index contributed by atoms with van der Waals surface area (Å²) in [6.45, 7) is 6.31. The Morgan fingerprint density at radius 1 is 1.22 bits per heavy atom. The molecular weight excluding hydrogens is 294 g/mol. The van der Waals surface area contributed by atoms with E-state index < -0.39 is 0 Å². The van der Waals surface area contributed by atoms with Crippen LogP contribution in [0.25, 0.3) is 11.4 Å². The van der Waals surface area contributed by atoms with Gasteiger partial charge in [-0.3, -0.25) is 0 Å². The third-order valence-corrected chi connectivity index (χ3v) is 3.03. The molecule has 0 unspecified atom stereocenters. The minimum atomic E-state index is -0.373. The van der Waals surface area contributed by atoms with Crippen molar-refractivity contribution in [3.8, 4) is 23.5 Å². The summed E-state index contributed by atoms with van der Waals surface area (Å²) in [7, 11) is 0. The van der Waals surface area contributed by atoms with Crippen molar-refractivity contribution < 1.29 is 9.36 Å². The minimum absolute atomic E-state index is 0.0754. The van der Waals surface area contributed by atoms with Crippen LogP contribution >= 0.6 is 0 Å². The molecule has 23 heavy (non-hydrogen) atoms. The normalized spacial score (nSPS) is 10.5. The largest absolute Gasteiger partial charge is 0.384 e. The Kier molecular flexibility index (Phi) is 4.72. The molecule has 7 nitrogen and oxygen atoms in total. The highest BCUT2D eigenvalue weighted by molar-refractivity contribution is 6.09. The van der Waals surface area contributed by atoms with Gasteiger partial charge in [0.2, 0.25) is 5.82 Å². The van der Waals surface area contributed by atoms with Crippen LogP contribution in [-0.4, -0.2) is 15.9 Å². The number of nitriles is 2. The zero-order valence-corrected chi connectivity index (χ0v) is 13.1. The molecule has 7 heteroatoms. The third kappa shape index (κ3) is 4.14. The molecule has 0 aliphatic heterocycles. The molecule has 1 aromatic heterocycles. The molecule has 0 bridgehead atoms. The van der Waals surface area contributed by atoms with Crippen molar-refractivity contribution in [2.24, 2.45) is 5.16 Å². The predicted octanol–water partition coefficient (Wildman–Crippen LogP) is 2.95. The lowest BCUT2D eigenvalue weighted by Gasteiger charge is -2.18. The molecule has 1 heterocycles. The summed E-state index contributed by atoms with van der Waals surface area (Å²) in [5.74, 6) is 0.646. The summed E-state index contributed by atoms with van der Waals surface area (Å²) in [5, 5.41) is 24.3. The summed E-state index contributed by atoms with van der Waals surface area (Å²) in [6.07, 6.45) is 0. The standard InChI is InChI=1S/C16H15N5O2/c1-16(2,3)12-6-4-11(5-7-12)15-19-14(23-21-15)10-22-20-13(8-17)9-18/h4-7H,10H2,1-3H3. The molecule has 0 radical (unpaired) electrons. The van der Waals surface area contributed by atoms with Crippen LogP contribution in [0.4, 0.5) is 0 Å². The van der Waals surface area contributed by atoms with Crippen molar-refractivity contribution in [1.29, 1.82) is 10.5 Å². The Balaban J connectivity index is 2.07. The number of hydrogen-bond donors (Lipinski definition) is 0. The van der Waals surface area contributed by atoms with Crippen molar-refractivity contribution in [2.45, 2.75) is 32.8 Å². The summed E-state index contributed by atoms with van der Waals surface area (Å²) in [4.78, 5) is 9.01. The minimum Gasteiger partial charge on any atom is -0.384 e. The molecule has 116 valence electrons. The molecule has 0 aliphatic carbocycles. The van der Waals surface area contributed by atoms with Crippen LogP contribution < -0.4 is 0 Å². The molecule has 0 N–H and O–H groups in total. The number of aromatic nitrogens is 2. The Labute approximate surface area is 133 Å². The van der Waals surface area contributed by atoms with Crippen LogP contribution in [-0.2, 0) is 16.9 Å². The SMILES string of the molecule is CC(C)(C)c1ccc(-c2noc(CON=C(C#N)C#N)n2)cc1. The van der Waals surface area contributed by atoms with Gasteiger partial charge in [0.05, 0.1) is 0 Å². The van der Waals surface area contributed by atoms with Crippen molar-refractivity contribution in [3.05, 3.63) is 35.7 Å².